The van der Waals surface area contributed by atoms with E-state index in [1.165, 1.54) is 37.8 Å². The highest BCUT2D eigenvalue weighted by Crippen LogP contribution is 2.23. The first-order chi connectivity index (χ1) is 6.79. The first-order valence-electron chi connectivity index (χ1n) is 5.57. The number of rotatable bonds is 3. The Balaban J connectivity index is 1.88. The van der Waals surface area contributed by atoms with E-state index in [1.54, 1.807) is 0 Å². The van der Waals surface area contributed by atoms with E-state index in [1.807, 2.05) is 0 Å². The summed E-state index contributed by atoms with van der Waals surface area (Å²) in [6, 6.07) is 10.8. The van der Waals surface area contributed by atoms with Gasteiger partial charge in [0.25, 0.3) is 0 Å². The molecule has 1 aromatic carbocycles. The highest BCUT2D eigenvalue weighted by atomic mass is 15.0. The average Bonchev–Trinajstić information content (AvgIpc) is 2.65. The molecule has 0 amide bonds. The summed E-state index contributed by atoms with van der Waals surface area (Å²) in [4.78, 5) is 0. The minimum atomic E-state index is 0.399. The van der Waals surface area contributed by atoms with Crippen molar-refractivity contribution in [3.8, 4) is 0 Å². The van der Waals surface area contributed by atoms with Gasteiger partial charge >= 0.3 is 0 Å². The Labute approximate surface area is 86.5 Å². The van der Waals surface area contributed by atoms with Gasteiger partial charge in [0.05, 0.1) is 0 Å². The van der Waals surface area contributed by atoms with Crippen LogP contribution in [-0.4, -0.2) is 12.1 Å². The smallest absolute Gasteiger partial charge is 0.0157 e. The van der Waals surface area contributed by atoms with Gasteiger partial charge in [-0.2, -0.15) is 0 Å². The highest BCUT2D eigenvalue weighted by molar-refractivity contribution is 5.15. The van der Waals surface area contributed by atoms with E-state index in [9.17, 15) is 0 Å². The predicted octanol–water partition coefficient (Wildman–Crippen LogP) is 2.76. The quantitative estimate of drug-likeness (QED) is 0.771. The van der Waals surface area contributed by atoms with Crippen molar-refractivity contribution < 1.29 is 0 Å². The molecule has 0 saturated carbocycles. The van der Waals surface area contributed by atoms with Gasteiger partial charge in [0, 0.05) is 5.54 Å². The van der Waals surface area contributed by atoms with Gasteiger partial charge in [-0.05, 0) is 44.7 Å². The molecular weight excluding hydrogens is 170 g/mol. The van der Waals surface area contributed by atoms with Crippen LogP contribution in [0.25, 0.3) is 0 Å². The summed E-state index contributed by atoms with van der Waals surface area (Å²) in [7, 11) is 0. The van der Waals surface area contributed by atoms with Crippen LogP contribution in [0, 0.1) is 0 Å². The monoisotopic (exact) mass is 189 g/mol. The van der Waals surface area contributed by atoms with Crippen LogP contribution in [-0.2, 0) is 6.42 Å². The van der Waals surface area contributed by atoms with Crippen LogP contribution < -0.4 is 5.32 Å². The summed E-state index contributed by atoms with van der Waals surface area (Å²) in [6.07, 6.45) is 5.13. The number of hydrogen-bond donors (Lipinski definition) is 1. The van der Waals surface area contributed by atoms with Crippen LogP contribution in [0.4, 0.5) is 0 Å². The molecule has 0 aliphatic carbocycles. The molecule has 1 atom stereocenters. The number of benzene rings is 1. The van der Waals surface area contributed by atoms with E-state index in [-0.39, 0.29) is 0 Å². The molecule has 76 valence electrons. The van der Waals surface area contributed by atoms with Gasteiger partial charge in [-0.3, -0.25) is 0 Å². The van der Waals surface area contributed by atoms with Gasteiger partial charge in [0.1, 0.15) is 0 Å². The van der Waals surface area contributed by atoms with E-state index in [0.717, 1.165) is 0 Å². The normalized spacial score (nSPS) is 26.6. The highest BCUT2D eigenvalue weighted by Gasteiger charge is 2.26. The van der Waals surface area contributed by atoms with Gasteiger partial charge in [0.15, 0.2) is 0 Å². The van der Waals surface area contributed by atoms with E-state index in [4.69, 9.17) is 0 Å². The fourth-order valence-electron chi connectivity index (χ4n) is 2.24. The zero-order chi connectivity index (χ0) is 9.86. The zero-order valence-corrected chi connectivity index (χ0v) is 8.92. The van der Waals surface area contributed by atoms with Gasteiger partial charge in [-0.1, -0.05) is 30.3 Å². The Morgan fingerprint density at radius 3 is 2.71 bits per heavy atom. The lowest BCUT2D eigenvalue weighted by Gasteiger charge is -2.24. The molecule has 1 aromatic rings. The molecule has 0 unspecified atom stereocenters. The minimum absolute atomic E-state index is 0.399. The van der Waals surface area contributed by atoms with Crippen molar-refractivity contribution in [2.45, 2.75) is 38.1 Å². The number of nitrogens with one attached hydrogen (secondary N) is 1. The fourth-order valence-corrected chi connectivity index (χ4v) is 2.24. The molecule has 0 bridgehead atoms. The molecule has 2 rings (SSSR count). The van der Waals surface area contributed by atoms with Crippen molar-refractivity contribution in [2.75, 3.05) is 6.54 Å². The SMILES string of the molecule is C[C@]1(CCc2ccccc2)CCCN1. The van der Waals surface area contributed by atoms with Crippen LogP contribution in [0.2, 0.25) is 0 Å². The van der Waals surface area contributed by atoms with Crippen LogP contribution >= 0.6 is 0 Å². The van der Waals surface area contributed by atoms with Crippen molar-refractivity contribution in [1.29, 1.82) is 0 Å². The molecule has 0 spiro atoms. The molecule has 1 nitrogen and oxygen atoms in total. The maximum Gasteiger partial charge on any atom is 0.0157 e. The molecular formula is C13H19N. The lowest BCUT2D eigenvalue weighted by Crippen LogP contribution is -2.36. The average molecular weight is 189 g/mol. The number of aryl methyl sites for hydroxylation is 1. The lowest BCUT2D eigenvalue weighted by atomic mass is 9.92. The van der Waals surface area contributed by atoms with Crippen LogP contribution in [0.5, 0.6) is 0 Å². The summed E-state index contributed by atoms with van der Waals surface area (Å²) in [5, 5.41) is 3.60. The van der Waals surface area contributed by atoms with Crippen LogP contribution in [0.15, 0.2) is 30.3 Å². The fraction of sp³-hybridized carbons (Fsp3) is 0.538. The van der Waals surface area contributed by atoms with Crippen molar-refractivity contribution in [1.82, 2.24) is 5.32 Å². The van der Waals surface area contributed by atoms with Crippen molar-refractivity contribution in [3.05, 3.63) is 35.9 Å². The Kier molecular flexibility index (Phi) is 2.87. The molecule has 0 radical (unpaired) electrons. The van der Waals surface area contributed by atoms with Crippen molar-refractivity contribution in [2.24, 2.45) is 0 Å². The van der Waals surface area contributed by atoms with Gasteiger partial charge in [0.2, 0.25) is 0 Å². The molecule has 1 saturated heterocycles. The Hall–Kier alpha value is -0.820. The first-order valence-corrected chi connectivity index (χ1v) is 5.57. The van der Waals surface area contributed by atoms with Crippen LogP contribution in [0.1, 0.15) is 31.7 Å². The predicted molar refractivity (Wildman–Crippen MR) is 60.4 cm³/mol. The Morgan fingerprint density at radius 2 is 2.07 bits per heavy atom. The molecule has 1 heteroatoms. The van der Waals surface area contributed by atoms with E-state index in [2.05, 4.69) is 42.6 Å². The molecule has 1 fully saturated rings. The van der Waals surface area contributed by atoms with Crippen LogP contribution in [0.3, 0.4) is 0 Å². The second-order valence-electron chi connectivity index (χ2n) is 4.58. The van der Waals surface area contributed by atoms with Gasteiger partial charge < -0.3 is 5.32 Å². The third-order valence-corrected chi connectivity index (χ3v) is 3.27. The summed E-state index contributed by atoms with van der Waals surface area (Å²) < 4.78 is 0. The summed E-state index contributed by atoms with van der Waals surface area (Å²) in [5.41, 5.74) is 1.86. The largest absolute Gasteiger partial charge is 0.312 e. The van der Waals surface area contributed by atoms with Gasteiger partial charge in [-0.25, -0.2) is 0 Å². The van der Waals surface area contributed by atoms with E-state index < -0.39 is 0 Å². The maximum absolute atomic E-state index is 3.60. The second kappa shape index (κ2) is 4.14. The summed E-state index contributed by atoms with van der Waals surface area (Å²) in [6.45, 7) is 3.55. The third kappa shape index (κ3) is 2.36. The van der Waals surface area contributed by atoms with Crippen molar-refractivity contribution >= 4 is 0 Å². The van der Waals surface area contributed by atoms with Gasteiger partial charge in [-0.15, -0.1) is 0 Å². The summed E-state index contributed by atoms with van der Waals surface area (Å²) >= 11 is 0. The third-order valence-electron chi connectivity index (χ3n) is 3.27. The number of hydrogen-bond acceptors (Lipinski definition) is 1. The first kappa shape index (κ1) is 9.72. The van der Waals surface area contributed by atoms with E-state index >= 15 is 0 Å². The molecule has 0 aromatic heterocycles. The standard InChI is InChI=1S/C13H19N/c1-13(9-5-11-14-13)10-8-12-6-3-2-4-7-12/h2-4,6-7,14H,5,8-11H2,1H3/t13-/m1/s1. The maximum atomic E-state index is 3.60. The minimum Gasteiger partial charge on any atom is -0.312 e. The second-order valence-corrected chi connectivity index (χ2v) is 4.58. The Morgan fingerprint density at radius 1 is 1.29 bits per heavy atom. The molecule has 1 N–H and O–H groups in total. The molecule has 1 heterocycles. The van der Waals surface area contributed by atoms with Crippen molar-refractivity contribution in [3.63, 3.8) is 0 Å². The van der Waals surface area contributed by atoms with E-state index in [0.29, 0.717) is 5.54 Å². The topological polar surface area (TPSA) is 12.0 Å². The Bertz CT molecular complexity index is 273. The lowest BCUT2D eigenvalue weighted by molar-refractivity contribution is 0.384. The molecule has 1 aliphatic heterocycles. The summed E-state index contributed by atoms with van der Waals surface area (Å²) in [5.74, 6) is 0. The molecule has 14 heavy (non-hydrogen) atoms. The zero-order valence-electron chi connectivity index (χ0n) is 8.92. The molecule has 1 aliphatic rings.